The standard InChI is InChI=1S/C18H20BFN2O2/c1-21(2)14-22-17(13-15-9-5-3-6-10-15)18(23)24-19(22,20)16-11-7-4-8-12-16/h3-12,14,17H,13H2,1-2H3/b22-14+. The number of halogens is 1. The molecule has 2 aromatic carbocycles. The Hall–Kier alpha value is -2.63. The molecule has 0 bridgehead atoms. The van der Waals surface area contributed by atoms with Crippen LogP contribution in [0.3, 0.4) is 0 Å². The van der Waals surface area contributed by atoms with Crippen molar-refractivity contribution in [2.24, 2.45) is 0 Å². The molecular weight excluding hydrogens is 306 g/mol. The molecule has 0 spiro atoms. The minimum absolute atomic E-state index is 0.361. The molecule has 1 aliphatic rings. The second-order valence-corrected chi connectivity index (χ2v) is 6.23. The van der Waals surface area contributed by atoms with E-state index in [1.807, 2.05) is 30.3 Å². The fourth-order valence-electron chi connectivity index (χ4n) is 3.04. The molecule has 0 aromatic heterocycles. The maximum atomic E-state index is 15.8. The van der Waals surface area contributed by atoms with E-state index in [9.17, 15) is 4.79 Å². The third-order valence-corrected chi connectivity index (χ3v) is 4.13. The van der Waals surface area contributed by atoms with Crippen LogP contribution in [0.4, 0.5) is 4.32 Å². The van der Waals surface area contributed by atoms with Crippen molar-refractivity contribution >= 4 is 24.5 Å². The molecule has 124 valence electrons. The van der Waals surface area contributed by atoms with Crippen LogP contribution in [0.1, 0.15) is 5.56 Å². The van der Waals surface area contributed by atoms with E-state index < -0.39 is 18.8 Å². The zero-order valence-corrected chi connectivity index (χ0v) is 13.8. The molecule has 2 atom stereocenters. The highest BCUT2D eigenvalue weighted by Gasteiger charge is 2.53. The van der Waals surface area contributed by atoms with Crippen LogP contribution in [0.5, 0.6) is 0 Å². The maximum Gasteiger partial charge on any atom is 0.567 e. The smallest absolute Gasteiger partial charge is 0.567 e. The highest BCUT2D eigenvalue weighted by atomic mass is 19.1. The molecule has 1 aliphatic heterocycles. The van der Waals surface area contributed by atoms with Crippen LogP contribution in [-0.2, 0) is 15.9 Å². The molecular formula is C18H20BFN2O2. The fourth-order valence-corrected chi connectivity index (χ4v) is 3.04. The predicted octanol–water partition coefficient (Wildman–Crippen LogP) is 1.57. The van der Waals surface area contributed by atoms with Gasteiger partial charge in [0.25, 0.3) is 0 Å². The lowest BCUT2D eigenvalue weighted by atomic mass is 9.67. The first-order chi connectivity index (χ1) is 11.5. The van der Waals surface area contributed by atoms with Crippen molar-refractivity contribution in [3.8, 4) is 0 Å². The van der Waals surface area contributed by atoms with Crippen LogP contribution in [0.2, 0.25) is 0 Å². The van der Waals surface area contributed by atoms with Crippen molar-refractivity contribution in [2.45, 2.75) is 12.5 Å². The van der Waals surface area contributed by atoms with E-state index >= 15 is 4.32 Å². The average molecular weight is 326 g/mol. The van der Waals surface area contributed by atoms with Crippen LogP contribution >= 0.6 is 0 Å². The summed E-state index contributed by atoms with van der Waals surface area (Å²) in [6.07, 6.45) is 2.00. The molecule has 0 aliphatic carbocycles. The van der Waals surface area contributed by atoms with Crippen molar-refractivity contribution in [3.05, 3.63) is 66.2 Å². The normalized spacial score (nSPS) is 24.9. The number of rotatable bonds is 4. The number of benzene rings is 2. The van der Waals surface area contributed by atoms with E-state index in [0.717, 1.165) is 5.56 Å². The Bertz CT molecular complexity index is 752. The van der Waals surface area contributed by atoms with Crippen molar-refractivity contribution in [3.63, 3.8) is 0 Å². The molecule has 0 radical (unpaired) electrons. The van der Waals surface area contributed by atoms with E-state index in [2.05, 4.69) is 0 Å². The Kier molecular flexibility index (Phi) is 4.38. The summed E-state index contributed by atoms with van der Waals surface area (Å²) >= 11 is 0. The highest BCUT2D eigenvalue weighted by Crippen LogP contribution is 2.24. The number of hydrogen-bond acceptors (Lipinski definition) is 2. The van der Waals surface area contributed by atoms with E-state index in [4.69, 9.17) is 4.65 Å². The molecule has 2 unspecified atom stereocenters. The van der Waals surface area contributed by atoms with Crippen LogP contribution < -0.4 is 5.46 Å². The topological polar surface area (TPSA) is 32.5 Å². The molecule has 3 rings (SSSR count). The Labute approximate surface area is 141 Å². The molecule has 0 amide bonds. The minimum atomic E-state index is -3.09. The lowest BCUT2D eigenvalue weighted by Crippen LogP contribution is -2.55. The Morgan fingerprint density at radius 3 is 2.29 bits per heavy atom. The molecule has 1 heterocycles. The lowest BCUT2D eigenvalue weighted by Gasteiger charge is -2.27. The highest BCUT2D eigenvalue weighted by molar-refractivity contribution is 6.76. The van der Waals surface area contributed by atoms with Crippen molar-refractivity contribution in [1.82, 2.24) is 4.90 Å². The monoisotopic (exact) mass is 326 g/mol. The van der Waals surface area contributed by atoms with E-state index in [-0.39, 0.29) is 0 Å². The van der Waals surface area contributed by atoms with Gasteiger partial charge >= 0.3 is 12.7 Å². The summed E-state index contributed by atoms with van der Waals surface area (Å²) in [6, 6.07) is 17.5. The number of carbonyl (C=O) groups excluding carboxylic acids is 1. The molecule has 6 heteroatoms. The van der Waals surface area contributed by atoms with Gasteiger partial charge in [0.15, 0.2) is 12.4 Å². The molecule has 0 saturated carbocycles. The van der Waals surface area contributed by atoms with Gasteiger partial charge in [0.2, 0.25) is 0 Å². The van der Waals surface area contributed by atoms with Crippen LogP contribution in [0.25, 0.3) is 0 Å². The minimum Gasteiger partial charge on any atom is -0.619 e. The summed E-state index contributed by atoms with van der Waals surface area (Å²) in [7, 11) is 3.59. The first-order valence-electron chi connectivity index (χ1n) is 7.95. The zero-order valence-electron chi connectivity index (χ0n) is 13.8. The van der Waals surface area contributed by atoms with Gasteiger partial charge in [0, 0.05) is 6.42 Å². The Morgan fingerprint density at radius 2 is 1.71 bits per heavy atom. The molecule has 4 nitrogen and oxygen atoms in total. The SMILES string of the molecule is CN(C)/C=[N+]1\C(Cc2ccccc2)C(=O)O[B-]1(F)c1ccccc1. The van der Waals surface area contributed by atoms with Crippen LogP contribution in [0, 0.1) is 0 Å². The van der Waals surface area contributed by atoms with Gasteiger partial charge in [-0.25, -0.2) is 0 Å². The second-order valence-electron chi connectivity index (χ2n) is 6.23. The molecule has 1 fully saturated rings. The average Bonchev–Trinajstić information content (AvgIpc) is 2.81. The number of carbonyl (C=O) groups is 1. The van der Waals surface area contributed by atoms with Crippen LogP contribution in [-0.4, -0.2) is 48.6 Å². The molecule has 1 saturated heterocycles. The summed E-state index contributed by atoms with van der Waals surface area (Å²) < 4.78 is 22.4. The zero-order chi connectivity index (χ0) is 17.2. The second kappa shape index (κ2) is 6.47. The van der Waals surface area contributed by atoms with Gasteiger partial charge in [-0.2, -0.15) is 0 Å². The Morgan fingerprint density at radius 1 is 1.12 bits per heavy atom. The molecule has 24 heavy (non-hydrogen) atoms. The first-order valence-corrected chi connectivity index (χ1v) is 7.95. The summed E-state index contributed by atoms with van der Waals surface area (Å²) in [5.41, 5.74) is 1.32. The van der Waals surface area contributed by atoms with Crippen molar-refractivity contribution < 1.29 is 18.3 Å². The maximum absolute atomic E-state index is 15.8. The molecule has 0 N–H and O–H groups in total. The predicted molar refractivity (Wildman–Crippen MR) is 93.0 cm³/mol. The summed E-state index contributed by atoms with van der Waals surface area (Å²) in [5.74, 6) is -0.539. The van der Waals surface area contributed by atoms with Gasteiger partial charge in [0.1, 0.15) is 0 Å². The van der Waals surface area contributed by atoms with E-state index in [0.29, 0.717) is 11.9 Å². The Balaban J connectivity index is 2.02. The van der Waals surface area contributed by atoms with Gasteiger partial charge in [-0.3, -0.25) is 9.69 Å². The van der Waals surface area contributed by atoms with Crippen molar-refractivity contribution in [2.75, 3.05) is 14.1 Å². The van der Waals surface area contributed by atoms with Gasteiger partial charge in [0.05, 0.1) is 14.1 Å². The van der Waals surface area contributed by atoms with Crippen LogP contribution in [0.15, 0.2) is 60.7 Å². The lowest BCUT2D eigenvalue weighted by molar-refractivity contribution is -0.432. The first kappa shape index (κ1) is 16.2. The summed E-state index contributed by atoms with van der Waals surface area (Å²) in [5, 5.41) is 0. The third kappa shape index (κ3) is 3.04. The van der Waals surface area contributed by atoms with Gasteiger partial charge in [-0.15, -0.1) is 0 Å². The largest absolute Gasteiger partial charge is 0.619 e. The van der Waals surface area contributed by atoms with Gasteiger partial charge in [-0.05, 0) is 5.56 Å². The van der Waals surface area contributed by atoms with Crippen molar-refractivity contribution in [1.29, 1.82) is 0 Å². The van der Waals surface area contributed by atoms with Gasteiger partial charge < -0.3 is 13.5 Å². The summed E-state index contributed by atoms with van der Waals surface area (Å²) in [6.45, 7) is -3.09. The molecule has 2 aromatic rings. The van der Waals surface area contributed by atoms with E-state index in [1.54, 1.807) is 55.7 Å². The fraction of sp³-hybridized carbons (Fsp3) is 0.222. The van der Waals surface area contributed by atoms with E-state index in [1.165, 1.54) is 4.49 Å². The van der Waals surface area contributed by atoms with Gasteiger partial charge in [-0.1, -0.05) is 66.1 Å². The summed E-state index contributed by atoms with van der Waals surface area (Å²) in [4.78, 5) is 14.2. The quantitative estimate of drug-likeness (QED) is 0.632. The third-order valence-electron chi connectivity index (χ3n) is 4.13. The number of nitrogens with zero attached hydrogens (tertiary/aromatic N) is 2. The number of hydrogen-bond donors (Lipinski definition) is 0.